The number of aliphatic carboxylic acids is 1. The van der Waals surface area contributed by atoms with E-state index in [0.29, 0.717) is 54.7 Å². The number of ether oxygens (including phenoxy) is 2. The van der Waals surface area contributed by atoms with Crippen molar-refractivity contribution in [3.63, 3.8) is 0 Å². The molecule has 2 bridgehead atoms. The number of aliphatic imine (C=N–C) groups is 1. The number of hydrogen-bond donors (Lipinski definition) is 2. The van der Waals surface area contributed by atoms with Crippen LogP contribution in [-0.2, 0) is 19.1 Å². The molecule has 2 saturated heterocycles. The van der Waals surface area contributed by atoms with Crippen molar-refractivity contribution in [1.82, 2.24) is 15.2 Å². The van der Waals surface area contributed by atoms with E-state index in [4.69, 9.17) is 14.5 Å². The fraction of sp³-hybridized carbons (Fsp3) is 0.462. The van der Waals surface area contributed by atoms with E-state index in [0.717, 1.165) is 12.1 Å². The SMILES string of the molecule is CCOC(=O)C1=C(CN2C3COCC2CC(CC(=O)O)C3)NC(c2nccs2)=N[C@H]1c1ccc(F)c(F)c1. The number of aromatic nitrogens is 1. The van der Waals surface area contributed by atoms with Crippen molar-refractivity contribution in [2.45, 2.75) is 44.3 Å². The van der Waals surface area contributed by atoms with E-state index in [1.807, 2.05) is 0 Å². The molecule has 0 saturated carbocycles. The number of carboxylic acids is 1. The molecule has 3 atom stereocenters. The Hall–Kier alpha value is -3.22. The molecule has 1 aromatic heterocycles. The summed E-state index contributed by atoms with van der Waals surface area (Å²) in [6.45, 7) is 3.05. The first-order chi connectivity index (χ1) is 18.3. The summed E-state index contributed by atoms with van der Waals surface area (Å²) in [5.74, 6) is -2.99. The van der Waals surface area contributed by atoms with Crippen LogP contribution in [0, 0.1) is 17.6 Å². The number of hydrogen-bond acceptors (Lipinski definition) is 9. The summed E-state index contributed by atoms with van der Waals surface area (Å²) in [5, 5.41) is 15.0. The van der Waals surface area contributed by atoms with Gasteiger partial charge in [0.15, 0.2) is 22.5 Å². The topological polar surface area (TPSA) is 113 Å². The van der Waals surface area contributed by atoms with E-state index < -0.39 is 29.6 Å². The molecule has 12 heteroatoms. The highest BCUT2D eigenvalue weighted by Crippen LogP contribution is 2.37. The molecule has 2 unspecified atom stereocenters. The molecule has 0 amide bonds. The van der Waals surface area contributed by atoms with E-state index in [-0.39, 0.29) is 36.6 Å². The summed E-state index contributed by atoms with van der Waals surface area (Å²) in [4.78, 5) is 36.0. The van der Waals surface area contributed by atoms with Crippen LogP contribution in [0.3, 0.4) is 0 Å². The quantitative estimate of drug-likeness (QED) is 0.485. The van der Waals surface area contributed by atoms with Crippen molar-refractivity contribution in [2.75, 3.05) is 26.4 Å². The molecular formula is C26H28F2N4O5S. The highest BCUT2D eigenvalue weighted by atomic mass is 32.1. The summed E-state index contributed by atoms with van der Waals surface area (Å²) in [5.41, 5.74) is 1.06. The largest absolute Gasteiger partial charge is 0.481 e. The van der Waals surface area contributed by atoms with Crippen LogP contribution in [0.4, 0.5) is 8.78 Å². The summed E-state index contributed by atoms with van der Waals surface area (Å²) >= 11 is 1.36. The van der Waals surface area contributed by atoms with Gasteiger partial charge in [0.05, 0.1) is 25.4 Å². The number of benzene rings is 1. The maximum atomic E-state index is 14.3. The van der Waals surface area contributed by atoms with Crippen LogP contribution in [0.15, 0.2) is 46.0 Å². The smallest absolute Gasteiger partial charge is 0.338 e. The molecule has 38 heavy (non-hydrogen) atoms. The van der Waals surface area contributed by atoms with Gasteiger partial charge in [-0.2, -0.15) is 0 Å². The number of nitrogens with zero attached hydrogens (tertiary/aromatic N) is 3. The number of nitrogens with one attached hydrogen (secondary N) is 1. The molecule has 0 radical (unpaired) electrons. The first-order valence-corrected chi connectivity index (χ1v) is 13.4. The van der Waals surface area contributed by atoms with Gasteiger partial charge in [0.25, 0.3) is 0 Å². The molecule has 1 aromatic carbocycles. The lowest BCUT2D eigenvalue weighted by Gasteiger charge is -2.49. The molecule has 2 N–H and O–H groups in total. The van der Waals surface area contributed by atoms with Crippen LogP contribution in [0.1, 0.15) is 42.8 Å². The molecule has 3 aliphatic heterocycles. The number of carbonyl (C=O) groups is 2. The third-order valence-electron chi connectivity index (χ3n) is 7.09. The number of carboxylic acid groups (broad SMARTS) is 1. The number of rotatable bonds is 8. The molecule has 9 nitrogen and oxygen atoms in total. The summed E-state index contributed by atoms with van der Waals surface area (Å²) < 4.78 is 39.3. The lowest BCUT2D eigenvalue weighted by Crippen LogP contribution is -2.58. The molecular weight excluding hydrogens is 518 g/mol. The highest BCUT2D eigenvalue weighted by molar-refractivity contribution is 7.11. The minimum Gasteiger partial charge on any atom is -0.481 e. The summed E-state index contributed by atoms with van der Waals surface area (Å²) in [6, 6.07) is 2.46. The Morgan fingerprint density at radius 3 is 2.63 bits per heavy atom. The number of piperidine rings is 1. The van der Waals surface area contributed by atoms with Crippen molar-refractivity contribution in [3.05, 3.63) is 63.3 Å². The average molecular weight is 547 g/mol. The van der Waals surface area contributed by atoms with Gasteiger partial charge in [0.1, 0.15) is 6.04 Å². The number of thiazole rings is 1. The second-order valence-electron chi connectivity index (χ2n) is 9.58. The van der Waals surface area contributed by atoms with Gasteiger partial charge in [-0.15, -0.1) is 11.3 Å². The van der Waals surface area contributed by atoms with Gasteiger partial charge in [-0.3, -0.25) is 14.7 Å². The highest BCUT2D eigenvalue weighted by Gasteiger charge is 2.42. The Balaban J connectivity index is 1.55. The minimum atomic E-state index is -1.04. The Kier molecular flexibility index (Phi) is 7.82. The normalized spacial score (nSPS) is 25.5. The average Bonchev–Trinajstić information content (AvgIpc) is 3.41. The fourth-order valence-corrected chi connectivity index (χ4v) is 6.09. The second-order valence-corrected chi connectivity index (χ2v) is 10.5. The predicted octanol–water partition coefficient (Wildman–Crippen LogP) is 3.28. The zero-order chi connectivity index (χ0) is 26.8. The maximum absolute atomic E-state index is 14.3. The Morgan fingerprint density at radius 1 is 1.24 bits per heavy atom. The van der Waals surface area contributed by atoms with E-state index in [1.54, 1.807) is 18.5 Å². The van der Waals surface area contributed by atoms with Gasteiger partial charge in [0, 0.05) is 42.3 Å². The molecule has 2 aromatic rings. The number of halogens is 2. The first kappa shape index (κ1) is 26.4. The first-order valence-electron chi connectivity index (χ1n) is 12.5. The van der Waals surface area contributed by atoms with Gasteiger partial charge in [-0.25, -0.2) is 18.6 Å². The van der Waals surface area contributed by atoms with Crippen LogP contribution in [-0.4, -0.2) is 71.2 Å². The molecule has 5 rings (SSSR count). The van der Waals surface area contributed by atoms with Crippen LogP contribution in [0.5, 0.6) is 0 Å². The summed E-state index contributed by atoms with van der Waals surface area (Å²) in [7, 11) is 0. The van der Waals surface area contributed by atoms with Crippen LogP contribution in [0.2, 0.25) is 0 Å². The molecule has 4 heterocycles. The van der Waals surface area contributed by atoms with Crippen molar-refractivity contribution in [3.8, 4) is 0 Å². The molecule has 0 spiro atoms. The van der Waals surface area contributed by atoms with Crippen LogP contribution < -0.4 is 5.32 Å². The van der Waals surface area contributed by atoms with E-state index in [2.05, 4.69) is 15.2 Å². The second kappa shape index (κ2) is 11.3. The third kappa shape index (κ3) is 5.47. The Labute approximate surface area is 222 Å². The van der Waals surface area contributed by atoms with Gasteiger partial charge < -0.3 is 19.9 Å². The zero-order valence-corrected chi connectivity index (χ0v) is 21.5. The fourth-order valence-electron chi connectivity index (χ4n) is 5.50. The van der Waals surface area contributed by atoms with Crippen LogP contribution >= 0.6 is 11.3 Å². The Morgan fingerprint density at radius 2 is 2.00 bits per heavy atom. The lowest BCUT2D eigenvalue weighted by molar-refractivity contribution is -0.141. The molecule has 2 fully saturated rings. The van der Waals surface area contributed by atoms with Crippen molar-refractivity contribution >= 4 is 29.1 Å². The van der Waals surface area contributed by atoms with E-state index in [9.17, 15) is 23.5 Å². The van der Waals surface area contributed by atoms with Crippen LogP contribution in [0.25, 0.3) is 0 Å². The maximum Gasteiger partial charge on any atom is 0.338 e. The number of amidine groups is 1. The molecule has 202 valence electrons. The van der Waals surface area contributed by atoms with Gasteiger partial charge in [-0.05, 0) is 43.4 Å². The van der Waals surface area contributed by atoms with E-state index in [1.165, 1.54) is 17.4 Å². The van der Waals surface area contributed by atoms with Crippen molar-refractivity contribution in [2.24, 2.45) is 10.9 Å². The van der Waals surface area contributed by atoms with Crippen molar-refractivity contribution in [1.29, 1.82) is 0 Å². The third-order valence-corrected chi connectivity index (χ3v) is 7.87. The Bertz CT molecular complexity index is 1250. The standard InChI is InChI=1S/C26H28F2N4O5S/c1-2-37-26(35)22-20(11-32-16-7-14(9-21(33)34)8-17(32)13-36-12-16)30-24(25-29-5-6-38-25)31-23(22)15-3-4-18(27)19(28)10-15/h3-6,10,14,16-17,23H,2,7-9,11-13H2,1H3,(H,30,31)(H,33,34)/t14?,16?,17?,23-/m0/s1. The van der Waals surface area contributed by atoms with Gasteiger partial charge in [-0.1, -0.05) is 6.07 Å². The van der Waals surface area contributed by atoms with Gasteiger partial charge >= 0.3 is 11.9 Å². The van der Waals surface area contributed by atoms with Crippen molar-refractivity contribution < 1.29 is 33.0 Å². The minimum absolute atomic E-state index is 0.0338. The number of esters is 1. The number of morpholine rings is 1. The monoisotopic (exact) mass is 546 g/mol. The van der Waals surface area contributed by atoms with E-state index >= 15 is 0 Å². The number of carbonyl (C=O) groups excluding carboxylic acids is 1. The molecule has 3 aliphatic rings. The predicted molar refractivity (Wildman–Crippen MR) is 135 cm³/mol. The zero-order valence-electron chi connectivity index (χ0n) is 20.7. The summed E-state index contributed by atoms with van der Waals surface area (Å²) in [6.07, 6.45) is 3.06. The number of fused-ring (bicyclic) bond motifs is 2. The lowest BCUT2D eigenvalue weighted by atomic mass is 9.82. The van der Waals surface area contributed by atoms with Gasteiger partial charge in [0.2, 0.25) is 0 Å². The molecule has 0 aliphatic carbocycles.